The van der Waals surface area contributed by atoms with E-state index < -0.39 is 15.9 Å². The van der Waals surface area contributed by atoms with Gasteiger partial charge < -0.3 is 10.0 Å². The number of carbonyl (C=O) groups is 1. The second kappa shape index (κ2) is 5.05. The lowest BCUT2D eigenvalue weighted by molar-refractivity contribution is 0.150. The fraction of sp³-hybridized carbons (Fsp3) is 0.308. The third-order valence-corrected chi connectivity index (χ3v) is 4.26. The minimum atomic E-state index is -3.18. The highest BCUT2D eigenvalue weighted by atomic mass is 32.2. The van der Waals surface area contributed by atoms with Gasteiger partial charge in [-0.3, -0.25) is 0 Å². The molecule has 0 aromatic heterocycles. The van der Waals surface area contributed by atoms with Crippen molar-refractivity contribution in [3.63, 3.8) is 0 Å². The summed E-state index contributed by atoms with van der Waals surface area (Å²) in [7, 11) is -3.18. The zero-order valence-corrected chi connectivity index (χ0v) is 11.4. The zero-order valence-electron chi connectivity index (χ0n) is 10.5. The Labute approximate surface area is 112 Å². The minimum absolute atomic E-state index is 0.292. The van der Waals surface area contributed by atoms with Crippen LogP contribution in [-0.2, 0) is 9.84 Å². The van der Waals surface area contributed by atoms with Crippen molar-refractivity contribution in [3.05, 3.63) is 35.9 Å². The van der Waals surface area contributed by atoms with Crippen LogP contribution in [0, 0.1) is 0 Å². The summed E-state index contributed by atoms with van der Waals surface area (Å²) in [5, 5.41) is 8.85. The molecule has 0 unspecified atom stereocenters. The highest BCUT2D eigenvalue weighted by Gasteiger charge is 2.17. The summed E-state index contributed by atoms with van der Waals surface area (Å²) in [5.74, 6) is 0. The van der Waals surface area contributed by atoms with E-state index in [0.717, 1.165) is 11.1 Å². The van der Waals surface area contributed by atoms with Crippen molar-refractivity contribution in [2.24, 2.45) is 0 Å². The first-order valence-electron chi connectivity index (χ1n) is 5.85. The van der Waals surface area contributed by atoms with E-state index in [-0.39, 0.29) is 0 Å². The maximum atomic E-state index is 11.4. The van der Waals surface area contributed by atoms with Crippen LogP contribution in [0.15, 0.2) is 35.2 Å². The lowest BCUT2D eigenvalue weighted by Crippen LogP contribution is -2.33. The first kappa shape index (κ1) is 13.6. The number of carboxylic acid groups (broad SMARTS) is 1. The van der Waals surface area contributed by atoms with Crippen LogP contribution < -0.4 is 0 Å². The van der Waals surface area contributed by atoms with E-state index in [4.69, 9.17) is 5.11 Å². The van der Waals surface area contributed by atoms with E-state index in [0.29, 0.717) is 24.4 Å². The lowest BCUT2D eigenvalue weighted by atomic mass is 10.00. The van der Waals surface area contributed by atoms with Crippen molar-refractivity contribution in [2.45, 2.75) is 11.3 Å². The quantitative estimate of drug-likeness (QED) is 0.897. The van der Waals surface area contributed by atoms with E-state index in [1.54, 1.807) is 24.3 Å². The third kappa shape index (κ3) is 3.14. The van der Waals surface area contributed by atoms with Crippen LogP contribution in [0.25, 0.3) is 5.57 Å². The standard InChI is InChI=1S/C13H15NO4S/c1-19(17,18)12-4-2-10(3-5-12)11-6-8-14(9-7-11)13(15)16/h2-6H,7-9H2,1H3,(H,15,16). The van der Waals surface area contributed by atoms with Crippen molar-refractivity contribution in [2.75, 3.05) is 19.3 Å². The molecule has 1 N–H and O–H groups in total. The van der Waals surface area contributed by atoms with Gasteiger partial charge in [-0.05, 0) is 29.7 Å². The van der Waals surface area contributed by atoms with Crippen molar-refractivity contribution in [1.29, 1.82) is 0 Å². The maximum absolute atomic E-state index is 11.4. The van der Waals surface area contributed by atoms with E-state index in [1.807, 2.05) is 6.08 Å². The average Bonchev–Trinajstić information content (AvgIpc) is 2.38. The fourth-order valence-corrected chi connectivity index (χ4v) is 2.65. The van der Waals surface area contributed by atoms with Crippen molar-refractivity contribution in [1.82, 2.24) is 4.90 Å². The Balaban J connectivity index is 2.18. The van der Waals surface area contributed by atoms with Gasteiger partial charge in [-0.25, -0.2) is 13.2 Å². The van der Waals surface area contributed by atoms with Crippen LogP contribution in [0.2, 0.25) is 0 Å². The molecular weight excluding hydrogens is 266 g/mol. The molecular formula is C13H15NO4S. The molecule has 5 nitrogen and oxygen atoms in total. The van der Waals surface area contributed by atoms with Gasteiger partial charge in [0.1, 0.15) is 0 Å². The molecule has 0 saturated heterocycles. The summed E-state index contributed by atoms with van der Waals surface area (Å²) in [6.07, 6.45) is 2.77. The van der Waals surface area contributed by atoms with Crippen LogP contribution in [0.4, 0.5) is 4.79 Å². The fourth-order valence-electron chi connectivity index (χ4n) is 2.02. The van der Waals surface area contributed by atoms with Crippen LogP contribution >= 0.6 is 0 Å². The zero-order chi connectivity index (χ0) is 14.0. The molecule has 1 aliphatic rings. The lowest BCUT2D eigenvalue weighted by Gasteiger charge is -2.23. The van der Waals surface area contributed by atoms with Crippen molar-refractivity contribution >= 4 is 21.5 Å². The van der Waals surface area contributed by atoms with Crippen LogP contribution in [0.1, 0.15) is 12.0 Å². The Bertz CT molecular complexity index is 617. The number of rotatable bonds is 2. The first-order valence-corrected chi connectivity index (χ1v) is 7.74. The van der Waals surface area contributed by atoms with E-state index >= 15 is 0 Å². The molecule has 1 aromatic rings. The molecule has 1 amide bonds. The monoisotopic (exact) mass is 281 g/mol. The second-order valence-electron chi connectivity index (χ2n) is 4.50. The summed E-state index contributed by atoms with van der Waals surface area (Å²) in [4.78, 5) is 12.4. The van der Waals surface area contributed by atoms with Gasteiger partial charge in [0.05, 0.1) is 4.90 Å². The molecule has 0 atom stereocenters. The number of amides is 1. The predicted octanol–water partition coefficient (Wildman–Crippen LogP) is 1.86. The molecule has 0 spiro atoms. The molecule has 0 saturated carbocycles. The molecule has 6 heteroatoms. The smallest absolute Gasteiger partial charge is 0.407 e. The summed E-state index contributed by atoms with van der Waals surface area (Å²) >= 11 is 0. The molecule has 1 aliphatic heterocycles. The summed E-state index contributed by atoms with van der Waals surface area (Å²) < 4.78 is 22.7. The van der Waals surface area contributed by atoms with Gasteiger partial charge in [0.2, 0.25) is 0 Å². The van der Waals surface area contributed by atoms with E-state index in [2.05, 4.69) is 0 Å². The summed E-state index contributed by atoms with van der Waals surface area (Å²) in [6.45, 7) is 0.841. The number of sulfone groups is 1. The van der Waals surface area contributed by atoms with Crippen LogP contribution in [0.5, 0.6) is 0 Å². The highest BCUT2D eigenvalue weighted by molar-refractivity contribution is 7.90. The molecule has 0 radical (unpaired) electrons. The summed E-state index contributed by atoms with van der Waals surface area (Å²) in [5.41, 5.74) is 2.00. The molecule has 19 heavy (non-hydrogen) atoms. The van der Waals surface area contributed by atoms with Gasteiger partial charge in [-0.15, -0.1) is 0 Å². The van der Waals surface area contributed by atoms with Gasteiger partial charge in [-0.2, -0.15) is 0 Å². The molecule has 0 bridgehead atoms. The largest absolute Gasteiger partial charge is 0.465 e. The predicted molar refractivity (Wildman–Crippen MR) is 71.7 cm³/mol. The first-order chi connectivity index (χ1) is 8.88. The third-order valence-electron chi connectivity index (χ3n) is 3.13. The summed E-state index contributed by atoms with van der Waals surface area (Å²) in [6, 6.07) is 6.68. The molecule has 0 aliphatic carbocycles. The van der Waals surface area contributed by atoms with Gasteiger partial charge in [0, 0.05) is 19.3 Å². The Morgan fingerprint density at radius 1 is 1.26 bits per heavy atom. The average molecular weight is 281 g/mol. The Kier molecular flexibility index (Phi) is 3.61. The molecule has 1 heterocycles. The Hall–Kier alpha value is -1.82. The van der Waals surface area contributed by atoms with Gasteiger partial charge in [-0.1, -0.05) is 18.2 Å². The van der Waals surface area contributed by atoms with Gasteiger partial charge in [0.15, 0.2) is 9.84 Å². The van der Waals surface area contributed by atoms with Crippen molar-refractivity contribution in [3.8, 4) is 0 Å². The second-order valence-corrected chi connectivity index (χ2v) is 6.52. The number of hydrogen-bond donors (Lipinski definition) is 1. The van der Waals surface area contributed by atoms with E-state index in [9.17, 15) is 13.2 Å². The van der Waals surface area contributed by atoms with Gasteiger partial charge in [0.25, 0.3) is 0 Å². The number of benzene rings is 1. The van der Waals surface area contributed by atoms with E-state index in [1.165, 1.54) is 11.2 Å². The normalized spacial score (nSPS) is 16.1. The minimum Gasteiger partial charge on any atom is -0.465 e. The maximum Gasteiger partial charge on any atom is 0.407 e. The van der Waals surface area contributed by atoms with Gasteiger partial charge >= 0.3 is 6.09 Å². The Morgan fingerprint density at radius 3 is 2.32 bits per heavy atom. The van der Waals surface area contributed by atoms with Crippen LogP contribution in [-0.4, -0.2) is 43.9 Å². The molecule has 0 fully saturated rings. The molecule has 1 aromatic carbocycles. The Morgan fingerprint density at radius 2 is 1.89 bits per heavy atom. The highest BCUT2D eigenvalue weighted by Crippen LogP contribution is 2.23. The van der Waals surface area contributed by atoms with Crippen molar-refractivity contribution < 1.29 is 18.3 Å². The SMILES string of the molecule is CS(=O)(=O)c1ccc(C2=CCN(C(=O)O)CC2)cc1. The van der Waals surface area contributed by atoms with Crippen LogP contribution in [0.3, 0.4) is 0 Å². The topological polar surface area (TPSA) is 74.7 Å². The number of hydrogen-bond acceptors (Lipinski definition) is 3. The number of nitrogens with zero attached hydrogens (tertiary/aromatic N) is 1. The molecule has 102 valence electrons. The molecule has 2 rings (SSSR count).